The zero-order valence-electron chi connectivity index (χ0n) is 10.1. The largest absolute Gasteiger partial charge is 0.428 e. The highest BCUT2D eigenvalue weighted by molar-refractivity contribution is 5.08. The summed E-state index contributed by atoms with van der Waals surface area (Å²) in [5.74, 6) is -18.1. The van der Waals surface area contributed by atoms with Crippen molar-refractivity contribution in [3.8, 4) is 0 Å². The monoisotopic (exact) mass is 318 g/mol. The van der Waals surface area contributed by atoms with E-state index in [1.807, 2.05) is 0 Å². The topological polar surface area (TPSA) is 9.23 Å². The van der Waals surface area contributed by atoms with Gasteiger partial charge in [0.15, 0.2) is 0 Å². The van der Waals surface area contributed by atoms with E-state index in [9.17, 15) is 39.5 Å². The normalized spacial score (nSPS) is 32.5. The third-order valence-electron chi connectivity index (χ3n) is 3.24. The maximum atomic E-state index is 13.7. The van der Waals surface area contributed by atoms with E-state index in [4.69, 9.17) is 0 Å². The summed E-state index contributed by atoms with van der Waals surface area (Å²) in [4.78, 5) is 0. The van der Waals surface area contributed by atoms with E-state index < -0.39 is 49.0 Å². The molecule has 2 unspecified atom stereocenters. The Balaban J connectivity index is 2.94. The van der Waals surface area contributed by atoms with Crippen molar-refractivity contribution in [1.82, 2.24) is 0 Å². The van der Waals surface area contributed by atoms with Crippen molar-refractivity contribution >= 4 is 0 Å². The van der Waals surface area contributed by atoms with Gasteiger partial charge in [-0.2, -0.15) is 26.3 Å². The summed E-state index contributed by atoms with van der Waals surface area (Å²) in [7, 11) is 0. The summed E-state index contributed by atoms with van der Waals surface area (Å²) in [5, 5.41) is 0. The van der Waals surface area contributed by atoms with E-state index >= 15 is 0 Å². The van der Waals surface area contributed by atoms with Crippen LogP contribution in [0.1, 0.15) is 26.2 Å². The van der Waals surface area contributed by atoms with Gasteiger partial charge >= 0.3 is 18.0 Å². The first-order valence-electron chi connectivity index (χ1n) is 5.63. The van der Waals surface area contributed by atoms with Gasteiger partial charge in [-0.15, -0.1) is 0 Å². The fourth-order valence-electron chi connectivity index (χ4n) is 1.84. The summed E-state index contributed by atoms with van der Waals surface area (Å²) < 4.78 is 118. The predicted octanol–water partition coefficient (Wildman–Crippen LogP) is 4.62. The van der Waals surface area contributed by atoms with Crippen molar-refractivity contribution in [2.75, 3.05) is 0 Å². The van der Waals surface area contributed by atoms with Crippen LogP contribution in [0, 0.1) is 5.92 Å². The number of halogens is 9. The quantitative estimate of drug-likeness (QED) is 0.672. The lowest BCUT2D eigenvalue weighted by molar-refractivity contribution is -0.338. The van der Waals surface area contributed by atoms with Crippen molar-refractivity contribution in [2.24, 2.45) is 5.92 Å². The van der Waals surface area contributed by atoms with Crippen molar-refractivity contribution in [1.29, 1.82) is 0 Å². The highest BCUT2D eigenvalue weighted by Crippen LogP contribution is 2.62. The molecule has 1 fully saturated rings. The molecule has 120 valence electrons. The SMILES string of the molecule is CCC(CCC1(F)OC(F)(F)C(F)(F)C1(F)F)C(F)F. The first kappa shape index (κ1) is 17.4. The second kappa shape index (κ2) is 4.96. The average Bonchev–Trinajstić information content (AvgIpc) is 2.35. The standard InChI is InChI=1S/C10H11F9O/c1-2-5(6(11)12)3-4-7(13)8(14,15)9(16,17)10(18,19)20-7/h5-6H,2-4H2,1H3. The molecule has 0 aromatic carbocycles. The van der Waals surface area contributed by atoms with Gasteiger partial charge in [-0.3, -0.25) is 4.74 Å². The molecule has 10 heteroatoms. The summed E-state index contributed by atoms with van der Waals surface area (Å²) in [5.41, 5.74) is 0. The van der Waals surface area contributed by atoms with Crippen LogP contribution >= 0.6 is 0 Å². The Morgan fingerprint density at radius 2 is 1.40 bits per heavy atom. The molecule has 1 nitrogen and oxygen atoms in total. The van der Waals surface area contributed by atoms with Gasteiger partial charge in [-0.1, -0.05) is 6.92 Å². The minimum Gasteiger partial charge on any atom is -0.272 e. The lowest BCUT2D eigenvalue weighted by Crippen LogP contribution is -2.52. The van der Waals surface area contributed by atoms with Crippen molar-refractivity contribution < 1.29 is 44.3 Å². The lowest BCUT2D eigenvalue weighted by atomic mass is 9.94. The van der Waals surface area contributed by atoms with Crippen molar-refractivity contribution in [3.05, 3.63) is 0 Å². The van der Waals surface area contributed by atoms with Gasteiger partial charge in [0, 0.05) is 12.3 Å². The van der Waals surface area contributed by atoms with E-state index in [1.165, 1.54) is 6.92 Å². The molecular weight excluding hydrogens is 307 g/mol. The summed E-state index contributed by atoms with van der Waals surface area (Å²) >= 11 is 0. The predicted molar refractivity (Wildman–Crippen MR) is 48.8 cm³/mol. The van der Waals surface area contributed by atoms with Crippen LogP contribution < -0.4 is 0 Å². The fourth-order valence-corrected chi connectivity index (χ4v) is 1.84. The van der Waals surface area contributed by atoms with Crippen LogP contribution in [0.4, 0.5) is 39.5 Å². The van der Waals surface area contributed by atoms with Gasteiger partial charge in [0.2, 0.25) is 6.43 Å². The van der Waals surface area contributed by atoms with Crippen LogP contribution in [-0.2, 0) is 4.74 Å². The first-order valence-corrected chi connectivity index (χ1v) is 5.63. The van der Waals surface area contributed by atoms with E-state index in [2.05, 4.69) is 4.74 Å². The van der Waals surface area contributed by atoms with E-state index in [0.717, 1.165) is 0 Å². The van der Waals surface area contributed by atoms with Crippen LogP contribution in [0.3, 0.4) is 0 Å². The van der Waals surface area contributed by atoms with Gasteiger partial charge in [0.1, 0.15) is 0 Å². The molecule has 1 heterocycles. The first-order chi connectivity index (χ1) is 8.82. The maximum absolute atomic E-state index is 13.7. The Kier molecular flexibility index (Phi) is 4.31. The van der Waals surface area contributed by atoms with Crippen molar-refractivity contribution in [2.45, 2.75) is 56.4 Å². The zero-order valence-corrected chi connectivity index (χ0v) is 10.1. The molecular formula is C10H11F9O. The van der Waals surface area contributed by atoms with Gasteiger partial charge in [-0.25, -0.2) is 13.2 Å². The Morgan fingerprint density at radius 1 is 0.900 bits per heavy atom. The smallest absolute Gasteiger partial charge is 0.272 e. The van der Waals surface area contributed by atoms with E-state index in [0.29, 0.717) is 0 Å². The molecule has 0 aromatic rings. The number of rotatable bonds is 5. The fraction of sp³-hybridized carbons (Fsp3) is 1.00. The molecule has 1 rings (SSSR count). The molecule has 0 saturated carbocycles. The Bertz CT molecular complexity index is 357. The minimum absolute atomic E-state index is 0.258. The van der Waals surface area contributed by atoms with E-state index in [-0.39, 0.29) is 6.42 Å². The summed E-state index contributed by atoms with van der Waals surface area (Å²) in [6, 6.07) is 0. The average molecular weight is 318 g/mol. The van der Waals surface area contributed by atoms with Crippen molar-refractivity contribution in [3.63, 3.8) is 0 Å². The zero-order chi connectivity index (χ0) is 16.0. The van der Waals surface area contributed by atoms with Crippen LogP contribution in [0.2, 0.25) is 0 Å². The third kappa shape index (κ3) is 2.35. The Morgan fingerprint density at radius 3 is 1.70 bits per heavy atom. The highest BCUT2D eigenvalue weighted by Gasteiger charge is 2.89. The van der Waals surface area contributed by atoms with E-state index in [1.54, 1.807) is 0 Å². The number of hydrogen-bond donors (Lipinski definition) is 0. The Hall–Kier alpha value is -0.670. The maximum Gasteiger partial charge on any atom is 0.428 e. The summed E-state index contributed by atoms with van der Waals surface area (Å²) in [6.45, 7) is 1.23. The second-order valence-electron chi connectivity index (χ2n) is 4.54. The van der Waals surface area contributed by atoms with Crippen LogP contribution in [0.25, 0.3) is 0 Å². The Labute approximate surface area is 108 Å². The molecule has 1 saturated heterocycles. The molecule has 1 aliphatic rings. The molecule has 0 amide bonds. The third-order valence-corrected chi connectivity index (χ3v) is 3.24. The molecule has 0 radical (unpaired) electrons. The molecule has 1 aliphatic heterocycles. The van der Waals surface area contributed by atoms with Gasteiger partial charge in [-0.05, 0) is 12.8 Å². The molecule has 0 aliphatic carbocycles. The summed E-state index contributed by atoms with van der Waals surface area (Å²) in [6.07, 6.45) is -11.7. The van der Waals surface area contributed by atoms with Crippen LogP contribution in [0.5, 0.6) is 0 Å². The molecule has 20 heavy (non-hydrogen) atoms. The highest BCUT2D eigenvalue weighted by atomic mass is 19.4. The van der Waals surface area contributed by atoms with Gasteiger partial charge < -0.3 is 0 Å². The molecule has 0 N–H and O–H groups in total. The molecule has 0 aromatic heterocycles. The van der Waals surface area contributed by atoms with Gasteiger partial charge in [0.25, 0.3) is 5.85 Å². The lowest BCUT2D eigenvalue weighted by Gasteiger charge is -2.27. The minimum atomic E-state index is -6.05. The second-order valence-corrected chi connectivity index (χ2v) is 4.54. The number of hydrogen-bond acceptors (Lipinski definition) is 1. The van der Waals surface area contributed by atoms with Gasteiger partial charge in [0.05, 0.1) is 0 Å². The molecule has 2 atom stereocenters. The van der Waals surface area contributed by atoms with Crippen LogP contribution in [0.15, 0.2) is 0 Å². The molecule has 0 spiro atoms. The molecule has 0 bridgehead atoms. The van der Waals surface area contributed by atoms with Crippen LogP contribution in [-0.4, -0.2) is 30.2 Å². The number of ether oxygens (including phenoxy) is 1. The number of alkyl halides is 9.